The van der Waals surface area contributed by atoms with Gasteiger partial charge in [0.25, 0.3) is 5.91 Å². The fourth-order valence-corrected chi connectivity index (χ4v) is 2.78. The molecule has 0 unspecified atom stereocenters. The highest BCUT2D eigenvalue weighted by Gasteiger charge is 2.14. The first kappa shape index (κ1) is 19.1. The largest absolute Gasteiger partial charge is 0.465 e. The van der Waals surface area contributed by atoms with E-state index in [-0.39, 0.29) is 12.0 Å². The predicted molar refractivity (Wildman–Crippen MR) is 105 cm³/mol. The van der Waals surface area contributed by atoms with Crippen molar-refractivity contribution in [1.29, 1.82) is 0 Å². The Hall–Kier alpha value is -3.67. The van der Waals surface area contributed by atoms with Gasteiger partial charge in [0, 0.05) is 0 Å². The number of para-hydroxylation sites is 1. The van der Waals surface area contributed by atoms with E-state index in [4.69, 9.17) is 4.74 Å². The van der Waals surface area contributed by atoms with Crippen LogP contribution in [0.15, 0.2) is 66.7 Å². The average molecular weight is 377 g/mol. The first-order chi connectivity index (χ1) is 13.6. The third-order valence-corrected chi connectivity index (χ3v) is 4.13. The minimum atomic E-state index is -0.566. The SMILES string of the molecule is COC(=O)c1ccccc1NC(=O)COC(=O)Cc1ccc2ccccc2c1. The zero-order valence-corrected chi connectivity index (χ0v) is 15.3. The quantitative estimate of drug-likeness (QED) is 0.666. The third-order valence-electron chi connectivity index (χ3n) is 4.13. The summed E-state index contributed by atoms with van der Waals surface area (Å²) in [7, 11) is 1.26. The van der Waals surface area contributed by atoms with Crippen LogP contribution in [0.5, 0.6) is 0 Å². The minimum Gasteiger partial charge on any atom is -0.465 e. The van der Waals surface area contributed by atoms with Crippen molar-refractivity contribution in [2.24, 2.45) is 0 Å². The molecular weight excluding hydrogens is 358 g/mol. The highest BCUT2D eigenvalue weighted by molar-refractivity contribution is 6.01. The molecule has 6 nitrogen and oxygen atoms in total. The molecule has 0 radical (unpaired) electrons. The van der Waals surface area contributed by atoms with Crippen LogP contribution in [0.1, 0.15) is 15.9 Å². The molecule has 0 aliphatic carbocycles. The van der Waals surface area contributed by atoms with Gasteiger partial charge in [-0.25, -0.2) is 4.79 Å². The first-order valence-electron chi connectivity index (χ1n) is 8.67. The number of ether oxygens (including phenoxy) is 2. The van der Waals surface area contributed by atoms with Gasteiger partial charge in [0.15, 0.2) is 6.61 Å². The number of hydrogen-bond donors (Lipinski definition) is 1. The molecule has 6 heteroatoms. The van der Waals surface area contributed by atoms with Gasteiger partial charge in [0.2, 0.25) is 0 Å². The van der Waals surface area contributed by atoms with Crippen LogP contribution in [0.4, 0.5) is 5.69 Å². The number of hydrogen-bond acceptors (Lipinski definition) is 5. The van der Waals surface area contributed by atoms with Gasteiger partial charge in [-0.3, -0.25) is 9.59 Å². The summed E-state index contributed by atoms with van der Waals surface area (Å²) in [6.07, 6.45) is 0.0663. The maximum absolute atomic E-state index is 12.1. The molecule has 142 valence electrons. The van der Waals surface area contributed by atoms with Crippen LogP contribution in [0, 0.1) is 0 Å². The molecule has 0 aromatic heterocycles. The number of esters is 2. The van der Waals surface area contributed by atoms with Crippen LogP contribution in [0.3, 0.4) is 0 Å². The second-order valence-electron chi connectivity index (χ2n) is 6.10. The Balaban J connectivity index is 1.55. The lowest BCUT2D eigenvalue weighted by atomic mass is 10.1. The molecular formula is C22H19NO5. The van der Waals surface area contributed by atoms with Crippen molar-refractivity contribution >= 4 is 34.3 Å². The Morgan fingerprint density at radius 3 is 2.39 bits per heavy atom. The van der Waals surface area contributed by atoms with E-state index in [1.807, 2.05) is 42.5 Å². The van der Waals surface area contributed by atoms with Crippen LogP contribution < -0.4 is 5.32 Å². The summed E-state index contributed by atoms with van der Waals surface area (Å²) < 4.78 is 9.73. The fraction of sp³-hybridized carbons (Fsp3) is 0.136. The number of methoxy groups -OCH3 is 1. The van der Waals surface area contributed by atoms with Crippen LogP contribution in [-0.2, 0) is 25.5 Å². The van der Waals surface area contributed by atoms with Gasteiger partial charge in [-0.2, -0.15) is 0 Å². The van der Waals surface area contributed by atoms with Crippen molar-refractivity contribution in [3.05, 3.63) is 77.9 Å². The maximum Gasteiger partial charge on any atom is 0.339 e. The molecule has 0 bridgehead atoms. The van der Waals surface area contributed by atoms with E-state index in [9.17, 15) is 14.4 Å². The first-order valence-corrected chi connectivity index (χ1v) is 8.67. The van der Waals surface area contributed by atoms with Gasteiger partial charge in [-0.15, -0.1) is 0 Å². The summed E-state index contributed by atoms with van der Waals surface area (Å²) >= 11 is 0. The van der Waals surface area contributed by atoms with Gasteiger partial charge in [-0.1, -0.05) is 54.6 Å². The highest BCUT2D eigenvalue weighted by Crippen LogP contribution is 2.17. The van der Waals surface area contributed by atoms with Crippen LogP contribution >= 0.6 is 0 Å². The van der Waals surface area contributed by atoms with E-state index < -0.39 is 24.5 Å². The molecule has 28 heavy (non-hydrogen) atoms. The molecule has 3 rings (SSSR count). The monoisotopic (exact) mass is 377 g/mol. The summed E-state index contributed by atoms with van der Waals surface area (Å²) in [5.41, 5.74) is 1.32. The predicted octanol–water partition coefficient (Wildman–Crippen LogP) is 3.35. The lowest BCUT2D eigenvalue weighted by Gasteiger charge is -2.10. The Bertz CT molecular complexity index is 1030. The average Bonchev–Trinajstić information content (AvgIpc) is 2.72. The Morgan fingerprint density at radius 2 is 1.61 bits per heavy atom. The van der Waals surface area contributed by atoms with E-state index in [0.29, 0.717) is 5.69 Å². The molecule has 3 aromatic carbocycles. The zero-order chi connectivity index (χ0) is 19.9. The number of carbonyl (C=O) groups is 3. The van der Waals surface area contributed by atoms with E-state index in [1.165, 1.54) is 13.2 Å². The summed E-state index contributed by atoms with van der Waals surface area (Å²) in [5, 5.41) is 4.67. The number of fused-ring (bicyclic) bond motifs is 1. The summed E-state index contributed by atoms with van der Waals surface area (Å²) in [6, 6.07) is 20.0. The van der Waals surface area contributed by atoms with E-state index >= 15 is 0 Å². The normalized spacial score (nSPS) is 10.3. The number of rotatable bonds is 6. The van der Waals surface area contributed by atoms with Crippen molar-refractivity contribution in [2.75, 3.05) is 19.0 Å². The van der Waals surface area contributed by atoms with E-state index in [1.54, 1.807) is 18.2 Å². The number of nitrogens with one attached hydrogen (secondary N) is 1. The number of anilines is 1. The summed E-state index contributed by atoms with van der Waals surface area (Å²) in [4.78, 5) is 35.8. The number of carbonyl (C=O) groups excluding carboxylic acids is 3. The van der Waals surface area contributed by atoms with Gasteiger partial charge >= 0.3 is 11.9 Å². The highest BCUT2D eigenvalue weighted by atomic mass is 16.5. The molecule has 0 saturated heterocycles. The molecule has 0 heterocycles. The Morgan fingerprint density at radius 1 is 0.893 bits per heavy atom. The van der Waals surface area contributed by atoms with Crippen molar-refractivity contribution in [2.45, 2.75) is 6.42 Å². The third kappa shape index (κ3) is 4.73. The summed E-state index contributed by atoms with van der Waals surface area (Å²) in [5.74, 6) is -1.61. The molecule has 1 N–H and O–H groups in total. The molecule has 0 atom stereocenters. The topological polar surface area (TPSA) is 81.7 Å². The molecule has 0 fully saturated rings. The molecule has 1 amide bonds. The summed E-state index contributed by atoms with van der Waals surface area (Å²) in [6.45, 7) is -0.443. The van der Waals surface area contributed by atoms with Crippen LogP contribution in [0.2, 0.25) is 0 Å². The molecule has 0 spiro atoms. The smallest absolute Gasteiger partial charge is 0.339 e. The van der Waals surface area contributed by atoms with Gasteiger partial charge < -0.3 is 14.8 Å². The Kier molecular flexibility index (Phi) is 6.01. The van der Waals surface area contributed by atoms with Crippen LogP contribution in [0.25, 0.3) is 10.8 Å². The lowest BCUT2D eigenvalue weighted by molar-refractivity contribution is -0.146. The van der Waals surface area contributed by atoms with Gasteiger partial charge in [0.05, 0.1) is 24.8 Å². The molecule has 0 aliphatic heterocycles. The van der Waals surface area contributed by atoms with Crippen molar-refractivity contribution in [3.8, 4) is 0 Å². The number of benzene rings is 3. The minimum absolute atomic E-state index is 0.0663. The van der Waals surface area contributed by atoms with Crippen molar-refractivity contribution < 1.29 is 23.9 Å². The van der Waals surface area contributed by atoms with Crippen LogP contribution in [-0.4, -0.2) is 31.6 Å². The molecule has 3 aromatic rings. The van der Waals surface area contributed by atoms with E-state index in [0.717, 1.165) is 16.3 Å². The standard InChI is InChI=1S/C22H19NO5/c1-27-22(26)18-8-4-5-9-19(18)23-20(24)14-28-21(25)13-15-10-11-16-6-2-3-7-17(16)12-15/h2-12H,13-14H2,1H3,(H,23,24). The molecule has 0 aliphatic rings. The lowest BCUT2D eigenvalue weighted by Crippen LogP contribution is -2.22. The fourth-order valence-electron chi connectivity index (χ4n) is 2.78. The van der Waals surface area contributed by atoms with Gasteiger partial charge in [0.1, 0.15) is 0 Å². The van der Waals surface area contributed by atoms with E-state index in [2.05, 4.69) is 10.1 Å². The second-order valence-corrected chi connectivity index (χ2v) is 6.10. The van der Waals surface area contributed by atoms with Gasteiger partial charge in [-0.05, 0) is 28.5 Å². The van der Waals surface area contributed by atoms with Crippen molar-refractivity contribution in [3.63, 3.8) is 0 Å². The Labute approximate surface area is 162 Å². The zero-order valence-electron chi connectivity index (χ0n) is 15.3. The van der Waals surface area contributed by atoms with Crippen molar-refractivity contribution in [1.82, 2.24) is 0 Å². The number of amides is 1. The molecule has 0 saturated carbocycles. The second kappa shape index (κ2) is 8.81. The maximum atomic E-state index is 12.1.